The number of hydrogen-bond acceptors (Lipinski definition) is 3. The van der Waals surface area contributed by atoms with Crippen LogP contribution in [0.3, 0.4) is 0 Å². The van der Waals surface area contributed by atoms with E-state index in [9.17, 15) is 0 Å². The van der Waals surface area contributed by atoms with Crippen LogP contribution in [0.2, 0.25) is 0 Å². The van der Waals surface area contributed by atoms with E-state index in [0.29, 0.717) is 6.04 Å². The molecule has 0 aromatic carbocycles. The van der Waals surface area contributed by atoms with Gasteiger partial charge >= 0.3 is 0 Å². The Balaban J connectivity index is 2.45. The van der Waals surface area contributed by atoms with Crippen LogP contribution in [0.15, 0.2) is 17.5 Å². The van der Waals surface area contributed by atoms with Crippen LogP contribution in [-0.4, -0.2) is 19.1 Å². The fourth-order valence-corrected chi connectivity index (χ4v) is 2.50. The first-order valence-corrected chi connectivity index (χ1v) is 6.35. The van der Waals surface area contributed by atoms with Crippen LogP contribution in [0.5, 0.6) is 0 Å². The molecule has 0 radical (unpaired) electrons. The Kier molecular flexibility index (Phi) is 4.73. The van der Waals surface area contributed by atoms with Crippen molar-refractivity contribution in [2.45, 2.75) is 12.5 Å². The van der Waals surface area contributed by atoms with Crippen LogP contribution in [0.4, 0.5) is 0 Å². The second-order valence-electron chi connectivity index (χ2n) is 2.64. The van der Waals surface area contributed by atoms with Gasteiger partial charge in [0.2, 0.25) is 0 Å². The molecule has 68 valence electrons. The Morgan fingerprint density at radius 2 is 2.50 bits per heavy atom. The minimum atomic E-state index is 0.553. The van der Waals surface area contributed by atoms with Crippen LogP contribution >= 0.6 is 23.1 Å². The fraction of sp³-hybridized carbons (Fsp3) is 0.556. The lowest BCUT2D eigenvalue weighted by molar-refractivity contribution is 0.591. The third kappa shape index (κ3) is 2.81. The molecule has 3 heteroatoms. The summed E-state index contributed by atoms with van der Waals surface area (Å²) in [6, 6.07) is 4.87. The molecule has 0 bridgehead atoms. The van der Waals surface area contributed by atoms with Crippen molar-refractivity contribution in [3.05, 3.63) is 22.4 Å². The number of hydrogen-bond donors (Lipinski definition) is 1. The molecule has 0 aliphatic rings. The van der Waals surface area contributed by atoms with Gasteiger partial charge in [0.25, 0.3) is 0 Å². The van der Waals surface area contributed by atoms with E-state index in [1.54, 1.807) is 0 Å². The van der Waals surface area contributed by atoms with E-state index in [0.717, 1.165) is 0 Å². The molecule has 1 atom stereocenters. The van der Waals surface area contributed by atoms with Gasteiger partial charge < -0.3 is 5.32 Å². The predicted octanol–water partition coefficient (Wildman–Crippen LogP) is 2.76. The molecular weight excluding hydrogens is 186 g/mol. The lowest BCUT2D eigenvalue weighted by atomic mass is 10.2. The zero-order chi connectivity index (χ0) is 8.81. The summed E-state index contributed by atoms with van der Waals surface area (Å²) in [5.41, 5.74) is 0. The Bertz CT molecular complexity index is 196. The van der Waals surface area contributed by atoms with Crippen molar-refractivity contribution < 1.29 is 0 Å². The maximum atomic E-state index is 3.34. The van der Waals surface area contributed by atoms with Crippen LogP contribution in [0, 0.1) is 0 Å². The van der Waals surface area contributed by atoms with Gasteiger partial charge in [0.1, 0.15) is 0 Å². The molecule has 12 heavy (non-hydrogen) atoms. The molecule has 0 spiro atoms. The molecule has 1 rings (SSSR count). The Morgan fingerprint density at radius 3 is 3.00 bits per heavy atom. The van der Waals surface area contributed by atoms with Crippen molar-refractivity contribution in [2.75, 3.05) is 19.1 Å². The number of rotatable bonds is 5. The number of thioether (sulfide) groups is 1. The highest BCUT2D eigenvalue weighted by Crippen LogP contribution is 2.22. The molecule has 0 aliphatic heterocycles. The van der Waals surface area contributed by atoms with E-state index in [4.69, 9.17) is 0 Å². The maximum absolute atomic E-state index is 3.34. The molecule has 0 amide bonds. The van der Waals surface area contributed by atoms with E-state index in [-0.39, 0.29) is 0 Å². The summed E-state index contributed by atoms with van der Waals surface area (Å²) in [6.07, 6.45) is 3.37. The first-order chi connectivity index (χ1) is 5.88. The summed E-state index contributed by atoms with van der Waals surface area (Å²) >= 11 is 3.74. The molecule has 0 saturated heterocycles. The van der Waals surface area contributed by atoms with Gasteiger partial charge in [-0.25, -0.2) is 0 Å². The standard InChI is InChI=1S/C9H15NS2/c1-10-8(5-7-11-2)9-4-3-6-12-9/h3-4,6,8,10H,5,7H2,1-2H3. The molecule has 1 unspecified atom stereocenters. The quantitative estimate of drug-likeness (QED) is 0.786. The van der Waals surface area contributed by atoms with Gasteiger partial charge in [0.05, 0.1) is 0 Å². The second-order valence-corrected chi connectivity index (χ2v) is 4.60. The smallest absolute Gasteiger partial charge is 0.0420 e. The van der Waals surface area contributed by atoms with Gasteiger partial charge in [0.15, 0.2) is 0 Å². The van der Waals surface area contributed by atoms with E-state index in [1.165, 1.54) is 17.1 Å². The lowest BCUT2D eigenvalue weighted by Gasteiger charge is -2.12. The highest BCUT2D eigenvalue weighted by molar-refractivity contribution is 7.98. The summed E-state index contributed by atoms with van der Waals surface area (Å²) in [4.78, 5) is 1.45. The first-order valence-electron chi connectivity index (χ1n) is 4.08. The maximum Gasteiger partial charge on any atom is 0.0420 e. The fourth-order valence-electron chi connectivity index (χ4n) is 1.15. The zero-order valence-electron chi connectivity index (χ0n) is 7.54. The highest BCUT2D eigenvalue weighted by atomic mass is 32.2. The minimum Gasteiger partial charge on any atom is -0.312 e. The Labute approximate surface area is 82.6 Å². The molecule has 0 aliphatic carbocycles. The topological polar surface area (TPSA) is 12.0 Å². The van der Waals surface area contributed by atoms with Crippen LogP contribution in [0.25, 0.3) is 0 Å². The summed E-state index contributed by atoms with van der Waals surface area (Å²) in [5, 5.41) is 5.47. The summed E-state index contributed by atoms with van der Waals surface area (Å²) in [6.45, 7) is 0. The van der Waals surface area contributed by atoms with Gasteiger partial charge in [-0.05, 0) is 36.9 Å². The molecule has 1 aromatic heterocycles. The van der Waals surface area contributed by atoms with E-state index in [2.05, 4.69) is 29.1 Å². The third-order valence-electron chi connectivity index (χ3n) is 1.85. The molecule has 1 heterocycles. The van der Waals surface area contributed by atoms with Crippen molar-refractivity contribution in [3.63, 3.8) is 0 Å². The Morgan fingerprint density at radius 1 is 1.67 bits per heavy atom. The predicted molar refractivity (Wildman–Crippen MR) is 59.1 cm³/mol. The lowest BCUT2D eigenvalue weighted by Crippen LogP contribution is -2.15. The van der Waals surface area contributed by atoms with E-state index >= 15 is 0 Å². The SMILES string of the molecule is CNC(CCSC)c1cccs1. The number of nitrogens with one attached hydrogen (secondary N) is 1. The van der Waals surface area contributed by atoms with Gasteiger partial charge in [0, 0.05) is 10.9 Å². The van der Waals surface area contributed by atoms with Crippen molar-refractivity contribution >= 4 is 23.1 Å². The van der Waals surface area contributed by atoms with Gasteiger partial charge in [-0.2, -0.15) is 11.8 Å². The average Bonchev–Trinajstić information content (AvgIpc) is 2.59. The number of thiophene rings is 1. The molecule has 1 aromatic rings. The minimum absolute atomic E-state index is 0.553. The van der Waals surface area contributed by atoms with Gasteiger partial charge in [-0.15, -0.1) is 11.3 Å². The zero-order valence-corrected chi connectivity index (χ0v) is 9.17. The van der Waals surface area contributed by atoms with Crippen LogP contribution < -0.4 is 5.32 Å². The normalized spacial score (nSPS) is 13.2. The van der Waals surface area contributed by atoms with Crippen molar-refractivity contribution in [1.29, 1.82) is 0 Å². The van der Waals surface area contributed by atoms with Crippen molar-refractivity contribution in [3.8, 4) is 0 Å². The van der Waals surface area contributed by atoms with E-state index in [1.807, 2.05) is 30.1 Å². The van der Waals surface area contributed by atoms with Gasteiger partial charge in [-0.3, -0.25) is 0 Å². The van der Waals surface area contributed by atoms with Crippen LogP contribution in [-0.2, 0) is 0 Å². The summed E-state index contributed by atoms with van der Waals surface area (Å²) in [5.74, 6) is 1.23. The highest BCUT2D eigenvalue weighted by Gasteiger charge is 2.08. The Hall–Kier alpha value is 0.01000. The van der Waals surface area contributed by atoms with Crippen LogP contribution in [0.1, 0.15) is 17.3 Å². The van der Waals surface area contributed by atoms with Gasteiger partial charge in [-0.1, -0.05) is 6.07 Å². The molecule has 1 nitrogen and oxygen atoms in total. The monoisotopic (exact) mass is 201 g/mol. The molecular formula is C9H15NS2. The second kappa shape index (κ2) is 5.62. The van der Waals surface area contributed by atoms with Crippen molar-refractivity contribution in [1.82, 2.24) is 5.32 Å². The first kappa shape index (κ1) is 10.1. The largest absolute Gasteiger partial charge is 0.312 e. The third-order valence-corrected chi connectivity index (χ3v) is 3.48. The summed E-state index contributed by atoms with van der Waals surface area (Å²) in [7, 11) is 2.03. The molecule has 1 N–H and O–H groups in total. The summed E-state index contributed by atoms with van der Waals surface area (Å²) < 4.78 is 0. The van der Waals surface area contributed by atoms with E-state index < -0.39 is 0 Å². The molecule has 0 fully saturated rings. The van der Waals surface area contributed by atoms with Crippen molar-refractivity contribution in [2.24, 2.45) is 0 Å². The average molecular weight is 201 g/mol. The molecule has 0 saturated carbocycles.